The molecule has 0 unspecified atom stereocenters. The van der Waals surface area contributed by atoms with Crippen molar-refractivity contribution in [3.8, 4) is 0 Å². The summed E-state index contributed by atoms with van der Waals surface area (Å²) < 4.78 is 29.2. The summed E-state index contributed by atoms with van der Waals surface area (Å²) >= 11 is 0. The van der Waals surface area contributed by atoms with Gasteiger partial charge in [-0.1, -0.05) is 6.07 Å². The van der Waals surface area contributed by atoms with Crippen molar-refractivity contribution in [1.82, 2.24) is 9.55 Å². The molecule has 0 amide bonds. The highest BCUT2D eigenvalue weighted by atomic mass is 32.2. The minimum Gasteiger partial charge on any atom is -0.346 e. The van der Waals surface area contributed by atoms with Gasteiger partial charge in [-0.05, 0) is 39.0 Å². The molecule has 2 aromatic rings. The first-order valence-electron chi connectivity index (χ1n) is 6.71. The number of pyridine rings is 1. The van der Waals surface area contributed by atoms with E-state index in [-0.39, 0.29) is 17.5 Å². The molecule has 0 aliphatic carbocycles. The van der Waals surface area contributed by atoms with Crippen LogP contribution in [0.3, 0.4) is 0 Å². The molecule has 0 radical (unpaired) electrons. The summed E-state index contributed by atoms with van der Waals surface area (Å²) in [5.41, 5.74) is 7.20. The molecule has 0 bridgehead atoms. The van der Waals surface area contributed by atoms with Gasteiger partial charge in [-0.15, -0.1) is 0 Å². The predicted octanol–water partition coefficient (Wildman–Crippen LogP) is 2.03. The van der Waals surface area contributed by atoms with E-state index < -0.39 is 10.0 Å². The Labute approximate surface area is 125 Å². The Hall–Kier alpha value is -1.86. The van der Waals surface area contributed by atoms with Crippen molar-refractivity contribution >= 4 is 15.8 Å². The zero-order chi connectivity index (χ0) is 15.6. The fourth-order valence-electron chi connectivity index (χ4n) is 2.08. The highest BCUT2D eigenvalue weighted by Crippen LogP contribution is 2.20. The summed E-state index contributed by atoms with van der Waals surface area (Å²) in [4.78, 5) is 4.34. The van der Waals surface area contributed by atoms with Crippen LogP contribution in [0.4, 0.5) is 5.82 Å². The molecule has 0 spiro atoms. The first-order valence-corrected chi connectivity index (χ1v) is 8.19. The van der Waals surface area contributed by atoms with E-state index in [9.17, 15) is 8.42 Å². The summed E-state index contributed by atoms with van der Waals surface area (Å²) in [6, 6.07) is 6.92. The number of nitrogens with one attached hydrogen (secondary N) is 1. The van der Waals surface area contributed by atoms with Gasteiger partial charge in [0.25, 0.3) is 10.0 Å². The molecule has 2 heterocycles. The number of nitrogens with zero attached hydrogens (tertiary/aromatic N) is 2. The first kappa shape index (κ1) is 15.5. The van der Waals surface area contributed by atoms with Crippen LogP contribution in [-0.2, 0) is 16.6 Å². The van der Waals surface area contributed by atoms with Crippen LogP contribution in [0.5, 0.6) is 0 Å². The van der Waals surface area contributed by atoms with Crippen LogP contribution in [-0.4, -0.2) is 18.0 Å². The lowest BCUT2D eigenvalue weighted by Gasteiger charge is -2.10. The van der Waals surface area contributed by atoms with Crippen LogP contribution in [0.1, 0.15) is 31.3 Å². The third-order valence-electron chi connectivity index (χ3n) is 3.11. The smallest absolute Gasteiger partial charge is 0.264 e. The van der Waals surface area contributed by atoms with Crippen molar-refractivity contribution in [2.45, 2.75) is 38.3 Å². The maximum absolute atomic E-state index is 12.4. The van der Waals surface area contributed by atoms with Crippen LogP contribution in [0.2, 0.25) is 0 Å². The minimum absolute atomic E-state index is 0.143. The van der Waals surface area contributed by atoms with E-state index >= 15 is 0 Å². The highest BCUT2D eigenvalue weighted by Gasteiger charge is 2.19. The molecule has 0 fully saturated rings. The van der Waals surface area contributed by atoms with E-state index in [0.717, 1.165) is 11.4 Å². The molecule has 0 saturated heterocycles. The van der Waals surface area contributed by atoms with Crippen molar-refractivity contribution in [3.05, 3.63) is 41.9 Å². The van der Waals surface area contributed by atoms with Gasteiger partial charge in [0.05, 0.1) is 0 Å². The van der Waals surface area contributed by atoms with E-state index in [2.05, 4.69) is 9.71 Å². The first-order chi connectivity index (χ1) is 9.83. The Morgan fingerprint density at radius 3 is 2.62 bits per heavy atom. The van der Waals surface area contributed by atoms with Gasteiger partial charge in [0.2, 0.25) is 0 Å². The normalized spacial score (nSPS) is 11.9. The molecular weight excluding hydrogens is 288 g/mol. The van der Waals surface area contributed by atoms with Crippen molar-refractivity contribution in [2.75, 3.05) is 4.72 Å². The summed E-state index contributed by atoms with van der Waals surface area (Å²) in [5, 5.41) is 0. The van der Waals surface area contributed by atoms with Crippen molar-refractivity contribution in [1.29, 1.82) is 0 Å². The van der Waals surface area contributed by atoms with Crippen molar-refractivity contribution in [3.63, 3.8) is 0 Å². The van der Waals surface area contributed by atoms with Gasteiger partial charge in [0.1, 0.15) is 10.7 Å². The second kappa shape index (κ2) is 5.87. The fourth-order valence-corrected chi connectivity index (χ4v) is 3.13. The highest BCUT2D eigenvalue weighted by molar-refractivity contribution is 7.92. The van der Waals surface area contributed by atoms with Crippen LogP contribution >= 0.6 is 0 Å². The quantitative estimate of drug-likeness (QED) is 0.884. The molecule has 0 saturated carbocycles. The van der Waals surface area contributed by atoms with Gasteiger partial charge < -0.3 is 10.3 Å². The van der Waals surface area contributed by atoms with Crippen LogP contribution in [0, 0.1) is 6.92 Å². The van der Waals surface area contributed by atoms with Crippen LogP contribution in [0.25, 0.3) is 0 Å². The average molecular weight is 308 g/mol. The standard InChI is InChI=1S/C14H20N4O2S/c1-10(2)18-9-13(7-12(18)8-15)21(19,20)17-14-6-4-5-11(3)16-14/h4-7,9-10H,8,15H2,1-3H3,(H,16,17). The van der Waals surface area contributed by atoms with E-state index in [1.165, 1.54) is 0 Å². The minimum atomic E-state index is -3.66. The van der Waals surface area contributed by atoms with Gasteiger partial charge in [0.15, 0.2) is 0 Å². The summed E-state index contributed by atoms with van der Waals surface area (Å²) in [6.45, 7) is 6.05. The molecule has 7 heteroatoms. The Morgan fingerprint density at radius 1 is 1.38 bits per heavy atom. The molecule has 21 heavy (non-hydrogen) atoms. The molecule has 3 N–H and O–H groups in total. The maximum atomic E-state index is 12.4. The summed E-state index contributed by atoms with van der Waals surface area (Å²) in [6.07, 6.45) is 1.60. The Morgan fingerprint density at radius 2 is 2.10 bits per heavy atom. The molecule has 6 nitrogen and oxygen atoms in total. The number of hydrogen-bond acceptors (Lipinski definition) is 4. The Bertz CT molecular complexity index is 735. The molecular formula is C14H20N4O2S. The van der Waals surface area contributed by atoms with Crippen molar-refractivity contribution < 1.29 is 8.42 Å². The molecule has 0 atom stereocenters. The lowest BCUT2D eigenvalue weighted by Crippen LogP contribution is -2.13. The summed E-state index contributed by atoms with van der Waals surface area (Å²) in [7, 11) is -3.66. The number of rotatable bonds is 5. The van der Waals surface area contributed by atoms with Crippen LogP contribution in [0.15, 0.2) is 35.4 Å². The zero-order valence-electron chi connectivity index (χ0n) is 12.4. The third-order valence-corrected chi connectivity index (χ3v) is 4.43. The fraction of sp³-hybridized carbons (Fsp3) is 0.357. The van der Waals surface area contributed by atoms with Gasteiger partial charge >= 0.3 is 0 Å². The predicted molar refractivity (Wildman–Crippen MR) is 82.5 cm³/mol. The number of sulfonamides is 1. The SMILES string of the molecule is Cc1cccc(NS(=O)(=O)c2cc(CN)n(C(C)C)c2)n1. The average Bonchev–Trinajstić information content (AvgIpc) is 2.83. The third kappa shape index (κ3) is 3.43. The topological polar surface area (TPSA) is 90.0 Å². The van der Waals surface area contributed by atoms with Crippen molar-refractivity contribution in [2.24, 2.45) is 5.73 Å². The van der Waals surface area contributed by atoms with E-state index in [0.29, 0.717) is 5.82 Å². The number of anilines is 1. The second-order valence-electron chi connectivity index (χ2n) is 5.14. The summed E-state index contributed by atoms with van der Waals surface area (Å²) in [5.74, 6) is 0.307. The lowest BCUT2D eigenvalue weighted by atomic mass is 10.3. The second-order valence-corrected chi connectivity index (χ2v) is 6.82. The molecule has 0 aliphatic heterocycles. The van der Waals surface area contributed by atoms with E-state index in [1.54, 1.807) is 37.4 Å². The molecule has 2 aromatic heterocycles. The molecule has 114 valence electrons. The molecule has 0 aromatic carbocycles. The monoisotopic (exact) mass is 308 g/mol. The Balaban J connectivity index is 2.36. The maximum Gasteiger partial charge on any atom is 0.264 e. The largest absolute Gasteiger partial charge is 0.346 e. The van der Waals surface area contributed by atoms with E-state index in [1.807, 2.05) is 18.4 Å². The van der Waals surface area contributed by atoms with Gasteiger partial charge in [-0.25, -0.2) is 13.4 Å². The molecule has 2 rings (SSSR count). The van der Waals surface area contributed by atoms with Gasteiger partial charge in [0, 0.05) is 30.2 Å². The number of nitrogens with two attached hydrogens (primary N) is 1. The van der Waals surface area contributed by atoms with E-state index in [4.69, 9.17) is 5.73 Å². The molecule has 0 aliphatic rings. The Kier molecular flexibility index (Phi) is 4.34. The number of hydrogen-bond donors (Lipinski definition) is 2. The van der Waals surface area contributed by atoms with Gasteiger partial charge in [-0.3, -0.25) is 4.72 Å². The lowest BCUT2D eigenvalue weighted by molar-refractivity contribution is 0.573. The van der Waals surface area contributed by atoms with Crippen LogP contribution < -0.4 is 10.5 Å². The number of aromatic nitrogens is 2. The van der Waals surface area contributed by atoms with Gasteiger partial charge in [-0.2, -0.15) is 0 Å². The number of aryl methyl sites for hydroxylation is 1. The zero-order valence-corrected chi connectivity index (χ0v) is 13.2.